The number of rotatable bonds is 4. The molecule has 1 aromatic carbocycles. The summed E-state index contributed by atoms with van der Waals surface area (Å²) < 4.78 is 29.0. The van der Waals surface area contributed by atoms with Crippen LogP contribution < -0.4 is 14.2 Å². The van der Waals surface area contributed by atoms with Crippen molar-refractivity contribution in [2.24, 2.45) is 0 Å². The molecule has 96 valence electrons. The largest absolute Gasteiger partial charge is 0.493 e. The fraction of sp³-hybridized carbons (Fsp3) is 0.500. The zero-order chi connectivity index (χ0) is 13.2. The molecule has 1 rings (SSSR count). The molecule has 0 aromatic heterocycles. The van der Waals surface area contributed by atoms with E-state index in [9.17, 15) is 9.50 Å². The fourth-order valence-corrected chi connectivity index (χ4v) is 1.59. The van der Waals surface area contributed by atoms with Crippen molar-refractivity contribution in [2.75, 3.05) is 21.3 Å². The molecule has 0 saturated carbocycles. The average molecular weight is 244 g/mol. The van der Waals surface area contributed by atoms with Crippen LogP contribution in [0, 0.1) is 5.82 Å². The van der Waals surface area contributed by atoms with Gasteiger partial charge in [-0.3, -0.25) is 0 Å². The average Bonchev–Trinajstić information content (AvgIpc) is 2.26. The minimum absolute atomic E-state index is 0.0441. The van der Waals surface area contributed by atoms with Crippen LogP contribution in [0.4, 0.5) is 4.39 Å². The Bertz CT molecular complexity index is 410. The highest BCUT2D eigenvalue weighted by Gasteiger charge is 2.28. The summed E-state index contributed by atoms with van der Waals surface area (Å²) in [4.78, 5) is 0. The second-order valence-electron chi connectivity index (χ2n) is 4.07. The van der Waals surface area contributed by atoms with E-state index < -0.39 is 11.4 Å². The molecule has 0 aliphatic heterocycles. The molecule has 4 nitrogen and oxygen atoms in total. The van der Waals surface area contributed by atoms with Gasteiger partial charge < -0.3 is 19.3 Å². The third-order valence-electron chi connectivity index (χ3n) is 2.43. The zero-order valence-corrected chi connectivity index (χ0v) is 10.6. The van der Waals surface area contributed by atoms with Crippen molar-refractivity contribution in [3.63, 3.8) is 0 Å². The third-order valence-corrected chi connectivity index (χ3v) is 2.43. The van der Waals surface area contributed by atoms with Crippen LogP contribution in [0.1, 0.15) is 19.4 Å². The molecule has 17 heavy (non-hydrogen) atoms. The number of hydrogen-bond acceptors (Lipinski definition) is 4. The second-order valence-corrected chi connectivity index (χ2v) is 4.07. The monoisotopic (exact) mass is 244 g/mol. The molecule has 0 spiro atoms. The Kier molecular flexibility index (Phi) is 3.83. The lowest BCUT2D eigenvalue weighted by Gasteiger charge is -2.23. The minimum atomic E-state index is -1.24. The van der Waals surface area contributed by atoms with Crippen LogP contribution in [0.2, 0.25) is 0 Å². The van der Waals surface area contributed by atoms with E-state index in [4.69, 9.17) is 14.2 Å². The lowest BCUT2D eigenvalue weighted by Crippen LogP contribution is -2.18. The first-order valence-electron chi connectivity index (χ1n) is 5.08. The third kappa shape index (κ3) is 2.44. The maximum Gasteiger partial charge on any atom is 0.211 e. The van der Waals surface area contributed by atoms with Gasteiger partial charge in [0, 0.05) is 5.56 Å². The summed E-state index contributed by atoms with van der Waals surface area (Å²) >= 11 is 0. The number of benzene rings is 1. The van der Waals surface area contributed by atoms with Crippen molar-refractivity contribution >= 4 is 0 Å². The summed E-state index contributed by atoms with van der Waals surface area (Å²) in [6.45, 7) is 3.08. The topological polar surface area (TPSA) is 47.9 Å². The molecule has 0 aliphatic carbocycles. The number of ether oxygens (including phenoxy) is 3. The van der Waals surface area contributed by atoms with E-state index in [-0.39, 0.29) is 17.2 Å². The number of methoxy groups -OCH3 is 3. The Hall–Kier alpha value is -1.49. The van der Waals surface area contributed by atoms with Crippen LogP contribution in [-0.4, -0.2) is 26.4 Å². The van der Waals surface area contributed by atoms with Crippen LogP contribution in [0.5, 0.6) is 17.2 Å². The molecule has 1 N–H and O–H groups in total. The molecule has 0 atom stereocenters. The zero-order valence-electron chi connectivity index (χ0n) is 10.6. The van der Waals surface area contributed by atoms with Gasteiger partial charge >= 0.3 is 0 Å². The molecule has 0 bridgehead atoms. The van der Waals surface area contributed by atoms with Gasteiger partial charge in [0.05, 0.1) is 26.9 Å². The van der Waals surface area contributed by atoms with E-state index in [2.05, 4.69) is 0 Å². The fourth-order valence-electron chi connectivity index (χ4n) is 1.59. The van der Waals surface area contributed by atoms with Gasteiger partial charge in [0.25, 0.3) is 0 Å². The van der Waals surface area contributed by atoms with Crippen LogP contribution in [0.15, 0.2) is 6.07 Å². The van der Waals surface area contributed by atoms with Gasteiger partial charge in [0.2, 0.25) is 11.6 Å². The van der Waals surface area contributed by atoms with Crippen molar-refractivity contribution in [1.82, 2.24) is 0 Å². The normalized spacial score (nSPS) is 11.2. The smallest absolute Gasteiger partial charge is 0.211 e. The molecule has 0 aliphatic rings. The minimum Gasteiger partial charge on any atom is -0.493 e. The molecule has 0 amide bonds. The summed E-state index contributed by atoms with van der Waals surface area (Å²) in [5.41, 5.74) is -0.943. The summed E-state index contributed by atoms with van der Waals surface area (Å²) in [6, 6.07) is 1.50. The highest BCUT2D eigenvalue weighted by atomic mass is 19.1. The van der Waals surface area contributed by atoms with Gasteiger partial charge in [-0.1, -0.05) is 0 Å². The van der Waals surface area contributed by atoms with Gasteiger partial charge in [-0.15, -0.1) is 0 Å². The van der Waals surface area contributed by atoms with E-state index in [1.54, 1.807) is 0 Å². The molecular weight excluding hydrogens is 227 g/mol. The maximum absolute atomic E-state index is 14.1. The second kappa shape index (κ2) is 4.79. The van der Waals surface area contributed by atoms with E-state index in [1.807, 2.05) is 0 Å². The molecule has 0 heterocycles. The lowest BCUT2D eigenvalue weighted by atomic mass is 9.96. The van der Waals surface area contributed by atoms with Gasteiger partial charge in [0.1, 0.15) is 0 Å². The Morgan fingerprint density at radius 1 is 1.06 bits per heavy atom. The van der Waals surface area contributed by atoms with Gasteiger partial charge in [-0.25, -0.2) is 0 Å². The van der Waals surface area contributed by atoms with Crippen molar-refractivity contribution in [3.8, 4) is 17.2 Å². The summed E-state index contributed by atoms with van der Waals surface area (Å²) in [5, 5.41) is 9.97. The Labute approximate surface area is 99.9 Å². The standard InChI is InChI=1S/C12H17FO4/c1-12(2,14)7-6-8(15-3)11(17-5)9(13)10(7)16-4/h6,14H,1-5H3. The van der Waals surface area contributed by atoms with E-state index >= 15 is 0 Å². The lowest BCUT2D eigenvalue weighted by molar-refractivity contribution is 0.0744. The van der Waals surface area contributed by atoms with Crippen LogP contribution in [0.25, 0.3) is 0 Å². The first-order valence-corrected chi connectivity index (χ1v) is 5.08. The predicted octanol–water partition coefficient (Wildman–Crippen LogP) is 2.08. The maximum atomic E-state index is 14.1. The first-order chi connectivity index (χ1) is 7.86. The molecule has 0 fully saturated rings. The number of aliphatic hydroxyl groups is 1. The van der Waals surface area contributed by atoms with Crippen molar-refractivity contribution in [3.05, 3.63) is 17.4 Å². The Morgan fingerprint density at radius 2 is 1.59 bits per heavy atom. The van der Waals surface area contributed by atoms with E-state index in [1.165, 1.54) is 41.2 Å². The number of halogens is 1. The summed E-state index contributed by atoms with van der Waals surface area (Å²) in [7, 11) is 4.07. The van der Waals surface area contributed by atoms with Crippen LogP contribution in [0.3, 0.4) is 0 Å². The number of hydrogen-bond donors (Lipinski definition) is 1. The van der Waals surface area contributed by atoms with E-state index in [0.717, 1.165) is 0 Å². The predicted molar refractivity (Wildman–Crippen MR) is 61.3 cm³/mol. The molecule has 0 radical (unpaired) electrons. The first kappa shape index (κ1) is 13.6. The molecule has 0 unspecified atom stereocenters. The molecular formula is C12H17FO4. The molecule has 1 aromatic rings. The van der Waals surface area contributed by atoms with Gasteiger partial charge in [0.15, 0.2) is 11.5 Å². The quantitative estimate of drug-likeness (QED) is 0.881. The SMILES string of the molecule is COc1cc(C(C)(C)O)c(OC)c(F)c1OC. The highest BCUT2D eigenvalue weighted by Crippen LogP contribution is 2.42. The summed E-state index contributed by atoms with van der Waals surface area (Å²) in [5.74, 6) is -0.568. The van der Waals surface area contributed by atoms with Crippen LogP contribution in [-0.2, 0) is 5.60 Å². The van der Waals surface area contributed by atoms with Crippen molar-refractivity contribution in [2.45, 2.75) is 19.4 Å². The Morgan fingerprint density at radius 3 is 1.94 bits per heavy atom. The Balaban J connectivity index is 3.57. The highest BCUT2D eigenvalue weighted by molar-refractivity contribution is 5.53. The van der Waals surface area contributed by atoms with Crippen molar-refractivity contribution < 1.29 is 23.7 Å². The molecule has 0 saturated heterocycles. The van der Waals surface area contributed by atoms with Crippen LogP contribution >= 0.6 is 0 Å². The van der Waals surface area contributed by atoms with Gasteiger partial charge in [-0.05, 0) is 19.9 Å². The van der Waals surface area contributed by atoms with Crippen molar-refractivity contribution in [1.29, 1.82) is 0 Å². The van der Waals surface area contributed by atoms with Gasteiger partial charge in [-0.2, -0.15) is 4.39 Å². The molecule has 5 heteroatoms. The van der Waals surface area contributed by atoms with E-state index in [0.29, 0.717) is 5.56 Å². The summed E-state index contributed by atoms with van der Waals surface area (Å²) in [6.07, 6.45) is 0.